The monoisotopic (exact) mass is 365 g/mol. The van der Waals surface area contributed by atoms with E-state index in [0.717, 1.165) is 34.5 Å². The maximum Gasteiger partial charge on any atom is 0.410 e. The van der Waals surface area contributed by atoms with Gasteiger partial charge < -0.3 is 14.6 Å². The number of aryl methyl sites for hydroxylation is 1. The number of hydrogen-bond donors (Lipinski definition) is 1. The fourth-order valence-corrected chi connectivity index (χ4v) is 3.38. The predicted octanol–water partition coefficient (Wildman–Crippen LogP) is 1.99. The van der Waals surface area contributed by atoms with Gasteiger partial charge in [0.15, 0.2) is 5.65 Å². The van der Waals surface area contributed by atoms with Gasteiger partial charge >= 0.3 is 6.09 Å². The Morgan fingerprint density at radius 2 is 2.37 bits per heavy atom. The smallest absolute Gasteiger partial charge is 0.410 e. The number of H-pyrrole nitrogens is 1. The van der Waals surface area contributed by atoms with Crippen molar-refractivity contribution in [3.05, 3.63) is 24.3 Å². The summed E-state index contributed by atoms with van der Waals surface area (Å²) in [5.74, 6) is 1.62. The zero-order valence-corrected chi connectivity index (χ0v) is 15.1. The van der Waals surface area contributed by atoms with Crippen molar-refractivity contribution < 1.29 is 9.53 Å². The van der Waals surface area contributed by atoms with Crippen LogP contribution in [-0.4, -0.2) is 63.7 Å². The van der Waals surface area contributed by atoms with Gasteiger partial charge in [-0.1, -0.05) is 0 Å². The van der Waals surface area contributed by atoms with Crippen LogP contribution in [-0.2, 0) is 4.74 Å². The van der Waals surface area contributed by atoms with E-state index in [-0.39, 0.29) is 12.6 Å². The second-order valence-electron chi connectivity index (χ2n) is 6.63. The van der Waals surface area contributed by atoms with Crippen LogP contribution in [0.25, 0.3) is 21.9 Å². The first kappa shape index (κ1) is 17.0. The summed E-state index contributed by atoms with van der Waals surface area (Å²) in [6.07, 6.45) is 3.49. The third kappa shape index (κ3) is 3.10. The van der Waals surface area contributed by atoms with E-state index < -0.39 is 6.09 Å². The van der Waals surface area contributed by atoms with Crippen molar-refractivity contribution in [2.45, 2.75) is 19.4 Å². The lowest BCUT2D eigenvalue weighted by Crippen LogP contribution is -2.33. The van der Waals surface area contributed by atoms with Gasteiger partial charge in [0, 0.05) is 31.6 Å². The number of pyridine rings is 1. The average Bonchev–Trinajstić information content (AvgIpc) is 3.30. The van der Waals surface area contributed by atoms with Gasteiger partial charge in [0.1, 0.15) is 24.3 Å². The minimum absolute atomic E-state index is 0.00411. The number of ether oxygens (including phenoxy) is 1. The fraction of sp³-hybridized carbons (Fsp3) is 0.389. The van der Waals surface area contributed by atoms with Crippen molar-refractivity contribution in [1.29, 1.82) is 5.26 Å². The van der Waals surface area contributed by atoms with Gasteiger partial charge in [-0.2, -0.15) is 5.26 Å². The Morgan fingerprint density at radius 3 is 3.19 bits per heavy atom. The van der Waals surface area contributed by atoms with Gasteiger partial charge in [0.2, 0.25) is 0 Å². The molecular weight excluding hydrogens is 346 g/mol. The van der Waals surface area contributed by atoms with Crippen molar-refractivity contribution in [1.82, 2.24) is 24.8 Å². The molecule has 9 heteroatoms. The van der Waals surface area contributed by atoms with Gasteiger partial charge in [-0.15, -0.1) is 0 Å². The van der Waals surface area contributed by atoms with Crippen LogP contribution in [0.2, 0.25) is 0 Å². The van der Waals surface area contributed by atoms with E-state index in [1.165, 1.54) is 4.90 Å². The van der Waals surface area contributed by atoms with Crippen LogP contribution in [0.15, 0.2) is 18.5 Å². The molecule has 9 nitrogen and oxygen atoms in total. The molecule has 1 N–H and O–H groups in total. The van der Waals surface area contributed by atoms with Crippen molar-refractivity contribution in [2.75, 3.05) is 31.6 Å². The van der Waals surface area contributed by atoms with Crippen LogP contribution in [0.1, 0.15) is 12.2 Å². The van der Waals surface area contributed by atoms with Crippen molar-refractivity contribution in [3.63, 3.8) is 0 Å². The number of nitrogens with zero attached hydrogens (tertiary/aromatic N) is 6. The number of anilines is 1. The molecule has 1 amide bonds. The lowest BCUT2D eigenvalue weighted by atomic mass is 10.2. The summed E-state index contributed by atoms with van der Waals surface area (Å²) < 4.78 is 5.53. The van der Waals surface area contributed by atoms with Crippen molar-refractivity contribution in [2.24, 2.45) is 0 Å². The van der Waals surface area contributed by atoms with Crippen LogP contribution >= 0.6 is 0 Å². The number of aromatic nitrogens is 4. The van der Waals surface area contributed by atoms with Crippen LogP contribution in [0.4, 0.5) is 10.6 Å². The molecule has 1 unspecified atom stereocenters. The lowest BCUT2D eigenvalue weighted by Gasteiger charge is -2.21. The standard InChI is InChI=1S/C18H19N7O2/c1-11-22-14-9-21-16-13(3-6-20-16)15(14)17(23-11)25-7-4-12(10-25)27-18(26)24(2)8-5-19/h3,6,9,12H,4,7-8,10H2,1-2H3,(H,22,23). The molecule has 0 radical (unpaired) electrons. The number of carbonyl (C=O) groups excluding carboxylic acids is 1. The topological polar surface area (TPSA) is 111 Å². The number of aromatic amines is 1. The first-order valence-electron chi connectivity index (χ1n) is 8.70. The quantitative estimate of drug-likeness (QED) is 0.707. The molecular formula is C18H19N7O2. The summed E-state index contributed by atoms with van der Waals surface area (Å²) in [5, 5.41) is 10.6. The van der Waals surface area contributed by atoms with E-state index >= 15 is 0 Å². The van der Waals surface area contributed by atoms with Gasteiger partial charge in [0.25, 0.3) is 0 Å². The fourth-order valence-electron chi connectivity index (χ4n) is 3.38. The Morgan fingerprint density at radius 1 is 1.52 bits per heavy atom. The minimum Gasteiger partial charge on any atom is -0.444 e. The molecule has 1 saturated heterocycles. The van der Waals surface area contributed by atoms with Crippen LogP contribution in [0.5, 0.6) is 0 Å². The maximum atomic E-state index is 12.0. The van der Waals surface area contributed by atoms with Gasteiger partial charge in [-0.05, 0) is 13.0 Å². The van der Waals surface area contributed by atoms with Crippen LogP contribution in [0, 0.1) is 18.3 Å². The molecule has 1 atom stereocenters. The summed E-state index contributed by atoms with van der Waals surface area (Å²) >= 11 is 0. The normalized spacial score (nSPS) is 16.6. The molecule has 3 aromatic heterocycles. The van der Waals surface area contributed by atoms with E-state index in [0.29, 0.717) is 18.6 Å². The lowest BCUT2D eigenvalue weighted by molar-refractivity contribution is 0.0810. The second-order valence-corrected chi connectivity index (χ2v) is 6.63. The molecule has 27 heavy (non-hydrogen) atoms. The number of nitriles is 1. The summed E-state index contributed by atoms with van der Waals surface area (Å²) in [7, 11) is 1.55. The molecule has 1 aliphatic rings. The molecule has 0 bridgehead atoms. The van der Waals surface area contributed by atoms with E-state index in [9.17, 15) is 4.79 Å². The van der Waals surface area contributed by atoms with Gasteiger partial charge in [0.05, 0.1) is 29.7 Å². The predicted molar refractivity (Wildman–Crippen MR) is 99.3 cm³/mol. The second kappa shape index (κ2) is 6.72. The largest absolute Gasteiger partial charge is 0.444 e. The molecule has 0 spiro atoms. The van der Waals surface area contributed by atoms with Crippen molar-refractivity contribution >= 4 is 33.8 Å². The summed E-state index contributed by atoms with van der Waals surface area (Å²) in [5.41, 5.74) is 1.58. The molecule has 4 rings (SSSR count). The molecule has 0 saturated carbocycles. The molecule has 0 aliphatic carbocycles. The number of hydrogen-bond acceptors (Lipinski definition) is 7. The Hall–Kier alpha value is -3.41. The summed E-state index contributed by atoms with van der Waals surface area (Å²) in [6.45, 7) is 3.18. The number of rotatable bonds is 3. The first-order chi connectivity index (χ1) is 13.1. The number of nitrogens with one attached hydrogen (secondary N) is 1. The highest BCUT2D eigenvalue weighted by Crippen LogP contribution is 2.32. The van der Waals surface area contributed by atoms with Crippen molar-refractivity contribution in [3.8, 4) is 6.07 Å². The molecule has 1 aliphatic heterocycles. The highest BCUT2D eigenvalue weighted by Gasteiger charge is 2.29. The van der Waals surface area contributed by atoms with Gasteiger partial charge in [-0.3, -0.25) is 4.90 Å². The minimum atomic E-state index is -0.481. The molecule has 0 aromatic carbocycles. The van der Waals surface area contributed by atoms with E-state index in [4.69, 9.17) is 15.0 Å². The third-order valence-corrected chi connectivity index (χ3v) is 4.68. The van der Waals surface area contributed by atoms with E-state index in [1.807, 2.05) is 19.1 Å². The third-order valence-electron chi connectivity index (χ3n) is 4.68. The SMILES string of the molecule is Cc1nc(N2CCC(OC(=O)N(C)CC#N)C2)c2c(cnc3nccc32)[nH]1. The number of amides is 1. The molecule has 1 fully saturated rings. The molecule has 4 heterocycles. The highest BCUT2D eigenvalue weighted by molar-refractivity contribution is 6.09. The first-order valence-corrected chi connectivity index (χ1v) is 8.70. The number of fused-ring (bicyclic) bond motifs is 3. The summed E-state index contributed by atoms with van der Waals surface area (Å²) in [4.78, 5) is 32.1. The summed E-state index contributed by atoms with van der Waals surface area (Å²) in [6, 6.07) is 3.87. The average molecular weight is 365 g/mol. The van der Waals surface area contributed by atoms with E-state index in [2.05, 4.69) is 19.9 Å². The Labute approximate surface area is 155 Å². The number of carbonyl (C=O) groups is 1. The highest BCUT2D eigenvalue weighted by atomic mass is 16.6. The molecule has 138 valence electrons. The zero-order chi connectivity index (χ0) is 19.0. The van der Waals surface area contributed by atoms with E-state index in [1.54, 1.807) is 19.4 Å². The maximum absolute atomic E-state index is 12.0. The molecule has 3 aromatic rings. The zero-order valence-electron chi connectivity index (χ0n) is 15.1. The Balaban J connectivity index is 1.63. The van der Waals surface area contributed by atoms with Crippen LogP contribution in [0.3, 0.4) is 0 Å². The van der Waals surface area contributed by atoms with Gasteiger partial charge in [-0.25, -0.2) is 19.7 Å². The van der Waals surface area contributed by atoms with Crippen LogP contribution < -0.4 is 4.90 Å². The Kier molecular flexibility index (Phi) is 4.24. The Bertz CT molecular complexity index is 1050.